The van der Waals surface area contributed by atoms with Gasteiger partial charge in [0.05, 0.1) is 6.54 Å². The lowest BCUT2D eigenvalue weighted by molar-refractivity contribution is -0.122. The summed E-state index contributed by atoms with van der Waals surface area (Å²) in [6, 6.07) is 19.1. The molecule has 2 amide bonds. The number of carbonyl (C=O) groups is 2. The van der Waals surface area contributed by atoms with Crippen molar-refractivity contribution < 1.29 is 23.8 Å². The second kappa shape index (κ2) is 9.61. The van der Waals surface area contributed by atoms with Crippen LogP contribution in [0.3, 0.4) is 0 Å². The lowest BCUT2D eigenvalue weighted by Crippen LogP contribution is -2.42. The summed E-state index contributed by atoms with van der Waals surface area (Å²) in [4.78, 5) is 31.8. The van der Waals surface area contributed by atoms with Crippen molar-refractivity contribution in [1.82, 2.24) is 10.2 Å². The minimum absolute atomic E-state index is 0.0679. The van der Waals surface area contributed by atoms with E-state index in [1.165, 1.54) is 19.3 Å². The van der Waals surface area contributed by atoms with Crippen LogP contribution < -0.4 is 24.4 Å². The second-order valence-electron chi connectivity index (χ2n) is 10.6. The standard InChI is InChI=1S/C31H31N3O5/c35-29(32-12-15-33-13-6-1-7-14-33)22-9-3-2-8-21(22)18-34-25-11-5-4-10-23(25)31(30(34)36)19-37-26-17-28-27(16-24(26)31)38-20-39-28/h2-5,8-11,16-17H,1,6-7,12-15,18-20H2,(H,32,35). The molecule has 1 N–H and O–H groups in total. The van der Waals surface area contributed by atoms with Crippen LogP contribution in [0.25, 0.3) is 0 Å². The molecular formula is C31H31N3O5. The first-order valence-corrected chi connectivity index (χ1v) is 13.7. The second-order valence-corrected chi connectivity index (χ2v) is 10.6. The number of fused-ring (bicyclic) bond motifs is 5. The molecular weight excluding hydrogens is 494 g/mol. The minimum Gasteiger partial charge on any atom is -0.491 e. The van der Waals surface area contributed by atoms with E-state index in [-0.39, 0.29) is 31.8 Å². The van der Waals surface area contributed by atoms with Crippen molar-refractivity contribution in [3.8, 4) is 17.2 Å². The van der Waals surface area contributed by atoms with Crippen LogP contribution in [0.15, 0.2) is 60.7 Å². The number of ether oxygens (including phenoxy) is 3. The predicted octanol–water partition coefficient (Wildman–Crippen LogP) is 3.86. The summed E-state index contributed by atoms with van der Waals surface area (Å²) in [5, 5.41) is 3.10. The molecule has 39 heavy (non-hydrogen) atoms. The van der Waals surface area contributed by atoms with Gasteiger partial charge in [-0.05, 0) is 55.3 Å². The molecule has 1 spiro atoms. The number of likely N-dealkylation sites (tertiary alicyclic amines) is 1. The summed E-state index contributed by atoms with van der Waals surface area (Å²) in [5.41, 5.74) is 2.94. The van der Waals surface area contributed by atoms with E-state index < -0.39 is 5.41 Å². The number of nitrogens with one attached hydrogen (secondary N) is 1. The van der Waals surface area contributed by atoms with Gasteiger partial charge < -0.3 is 29.3 Å². The Bertz CT molecular complexity index is 1450. The third-order valence-electron chi connectivity index (χ3n) is 8.40. The van der Waals surface area contributed by atoms with Gasteiger partial charge in [-0.3, -0.25) is 9.59 Å². The summed E-state index contributed by atoms with van der Waals surface area (Å²) in [6.07, 6.45) is 3.74. The Morgan fingerprint density at radius 1 is 0.872 bits per heavy atom. The molecule has 0 bridgehead atoms. The van der Waals surface area contributed by atoms with E-state index in [1.54, 1.807) is 4.90 Å². The molecule has 0 saturated carbocycles. The number of hydrogen-bond donors (Lipinski definition) is 1. The van der Waals surface area contributed by atoms with Gasteiger partial charge in [-0.15, -0.1) is 0 Å². The van der Waals surface area contributed by atoms with Crippen molar-refractivity contribution in [1.29, 1.82) is 0 Å². The molecule has 1 unspecified atom stereocenters. The number of rotatable bonds is 6. The first kappa shape index (κ1) is 24.0. The quantitative estimate of drug-likeness (QED) is 0.527. The average molecular weight is 526 g/mol. The monoisotopic (exact) mass is 525 g/mol. The highest BCUT2D eigenvalue weighted by molar-refractivity contribution is 6.11. The Hall–Kier alpha value is -4.04. The van der Waals surface area contributed by atoms with Crippen LogP contribution in [0.5, 0.6) is 17.2 Å². The van der Waals surface area contributed by atoms with Crippen molar-refractivity contribution in [2.24, 2.45) is 0 Å². The van der Waals surface area contributed by atoms with Crippen LogP contribution in [0, 0.1) is 0 Å². The number of para-hydroxylation sites is 1. The first-order chi connectivity index (χ1) is 19.1. The number of amides is 2. The third kappa shape index (κ3) is 3.93. The van der Waals surface area contributed by atoms with Crippen LogP contribution in [-0.4, -0.2) is 56.3 Å². The number of hydrogen-bond acceptors (Lipinski definition) is 6. The SMILES string of the molecule is O=C(NCCN1CCCCC1)c1ccccc1CN1C(=O)C2(COc3cc4c(cc32)OCO4)c2ccccc21. The Kier molecular flexibility index (Phi) is 5.92. The first-order valence-electron chi connectivity index (χ1n) is 13.7. The fourth-order valence-corrected chi connectivity index (χ4v) is 6.38. The van der Waals surface area contributed by atoms with Crippen molar-refractivity contribution >= 4 is 17.5 Å². The summed E-state index contributed by atoms with van der Waals surface area (Å²) in [5.74, 6) is 1.70. The molecule has 200 valence electrons. The van der Waals surface area contributed by atoms with E-state index in [0.717, 1.165) is 42.0 Å². The fourth-order valence-electron chi connectivity index (χ4n) is 6.38. The molecule has 0 aromatic heterocycles. The maximum absolute atomic E-state index is 14.3. The van der Waals surface area contributed by atoms with Gasteiger partial charge >= 0.3 is 0 Å². The van der Waals surface area contributed by atoms with Gasteiger partial charge in [-0.1, -0.05) is 42.8 Å². The average Bonchev–Trinajstić information content (AvgIpc) is 3.65. The van der Waals surface area contributed by atoms with Gasteiger partial charge in [0.2, 0.25) is 12.7 Å². The Morgan fingerprint density at radius 2 is 1.64 bits per heavy atom. The highest BCUT2D eigenvalue weighted by atomic mass is 16.7. The van der Waals surface area contributed by atoms with Crippen LogP contribution in [0.2, 0.25) is 0 Å². The predicted molar refractivity (Wildman–Crippen MR) is 146 cm³/mol. The molecule has 4 aliphatic heterocycles. The lowest BCUT2D eigenvalue weighted by Gasteiger charge is -2.26. The number of benzene rings is 3. The molecule has 0 aliphatic carbocycles. The molecule has 3 aromatic rings. The van der Waals surface area contributed by atoms with E-state index in [9.17, 15) is 9.59 Å². The van der Waals surface area contributed by atoms with Crippen molar-refractivity contribution in [3.63, 3.8) is 0 Å². The summed E-state index contributed by atoms with van der Waals surface area (Å²) < 4.78 is 17.3. The van der Waals surface area contributed by atoms with E-state index in [4.69, 9.17) is 14.2 Å². The molecule has 1 saturated heterocycles. The van der Waals surface area contributed by atoms with E-state index in [0.29, 0.717) is 29.4 Å². The number of anilines is 1. The highest BCUT2D eigenvalue weighted by Gasteiger charge is 2.57. The summed E-state index contributed by atoms with van der Waals surface area (Å²) in [6.45, 7) is 4.29. The largest absolute Gasteiger partial charge is 0.491 e. The number of nitrogens with zero attached hydrogens (tertiary/aromatic N) is 2. The molecule has 8 nitrogen and oxygen atoms in total. The van der Waals surface area contributed by atoms with Gasteiger partial charge in [0, 0.05) is 36.0 Å². The van der Waals surface area contributed by atoms with Gasteiger partial charge in [-0.25, -0.2) is 0 Å². The van der Waals surface area contributed by atoms with Crippen molar-refractivity contribution in [2.45, 2.75) is 31.2 Å². The zero-order chi connectivity index (χ0) is 26.4. The maximum Gasteiger partial charge on any atom is 0.251 e. The molecule has 4 aliphatic rings. The van der Waals surface area contributed by atoms with Gasteiger partial charge in [-0.2, -0.15) is 0 Å². The van der Waals surface area contributed by atoms with E-state index >= 15 is 0 Å². The number of piperidine rings is 1. The van der Waals surface area contributed by atoms with Crippen LogP contribution in [-0.2, 0) is 16.8 Å². The van der Waals surface area contributed by atoms with Crippen LogP contribution >= 0.6 is 0 Å². The van der Waals surface area contributed by atoms with Gasteiger partial charge in [0.1, 0.15) is 17.8 Å². The fraction of sp³-hybridized carbons (Fsp3) is 0.355. The minimum atomic E-state index is -0.974. The molecule has 1 atom stereocenters. The molecule has 7 rings (SSSR count). The van der Waals surface area contributed by atoms with Gasteiger partial charge in [0.25, 0.3) is 5.91 Å². The summed E-state index contributed by atoms with van der Waals surface area (Å²) in [7, 11) is 0. The highest BCUT2D eigenvalue weighted by Crippen LogP contribution is 2.55. The smallest absolute Gasteiger partial charge is 0.251 e. The number of carbonyl (C=O) groups excluding carboxylic acids is 2. The van der Waals surface area contributed by atoms with E-state index in [1.807, 2.05) is 60.7 Å². The zero-order valence-electron chi connectivity index (χ0n) is 21.8. The zero-order valence-corrected chi connectivity index (χ0v) is 21.8. The van der Waals surface area contributed by atoms with Crippen molar-refractivity contribution in [3.05, 3.63) is 82.9 Å². The molecule has 1 fully saturated rings. The van der Waals surface area contributed by atoms with Crippen LogP contribution in [0.1, 0.15) is 46.3 Å². The Balaban J connectivity index is 1.17. The maximum atomic E-state index is 14.3. The van der Waals surface area contributed by atoms with Crippen molar-refractivity contribution in [2.75, 3.05) is 44.5 Å². The Labute approximate surface area is 227 Å². The van der Waals surface area contributed by atoms with Crippen LogP contribution in [0.4, 0.5) is 5.69 Å². The molecule has 8 heteroatoms. The normalized spacial score (nSPS) is 21.1. The summed E-state index contributed by atoms with van der Waals surface area (Å²) >= 11 is 0. The molecule has 3 aromatic carbocycles. The Morgan fingerprint density at radius 3 is 2.51 bits per heavy atom. The third-order valence-corrected chi connectivity index (χ3v) is 8.40. The molecule has 4 heterocycles. The topological polar surface area (TPSA) is 80.3 Å². The lowest BCUT2D eigenvalue weighted by atomic mass is 9.77. The van der Waals surface area contributed by atoms with E-state index in [2.05, 4.69) is 10.2 Å². The van der Waals surface area contributed by atoms with Gasteiger partial charge in [0.15, 0.2) is 11.5 Å². The molecule has 0 radical (unpaired) electrons.